The van der Waals surface area contributed by atoms with Gasteiger partial charge in [0.2, 0.25) is 0 Å². The molecular formula is C22H18N2O4. The maximum atomic E-state index is 12.6. The van der Waals surface area contributed by atoms with Gasteiger partial charge < -0.3 is 14.5 Å². The number of anilines is 1. The zero-order valence-corrected chi connectivity index (χ0v) is 15.2. The zero-order valence-electron chi connectivity index (χ0n) is 15.2. The molecule has 1 N–H and O–H groups in total. The smallest absolute Gasteiger partial charge is 0.420 e. The topological polar surface area (TPSA) is 73.5 Å². The standard InChI is InChI=1S/C22H18N2O4/c1-27-18-10-8-17(9-11-18)23-21(25)16-7-12-20-19(13-16)24(22(26)28-20)14-15-5-3-2-4-6-15/h2-13H,14H2,1H3,(H,23,25). The van der Waals surface area contributed by atoms with Crippen LogP contribution in [0.1, 0.15) is 15.9 Å². The highest BCUT2D eigenvalue weighted by Gasteiger charge is 2.14. The number of nitrogens with zero attached hydrogens (tertiary/aromatic N) is 1. The van der Waals surface area contributed by atoms with Gasteiger partial charge >= 0.3 is 5.76 Å². The van der Waals surface area contributed by atoms with Gasteiger partial charge in [-0.1, -0.05) is 30.3 Å². The SMILES string of the molecule is COc1ccc(NC(=O)c2ccc3oc(=O)n(Cc4ccccc4)c3c2)cc1. The third-order valence-corrected chi connectivity index (χ3v) is 4.46. The molecule has 4 rings (SSSR count). The van der Waals surface area contributed by atoms with E-state index in [1.807, 2.05) is 30.3 Å². The molecule has 0 saturated heterocycles. The fourth-order valence-electron chi connectivity index (χ4n) is 3.00. The van der Waals surface area contributed by atoms with Gasteiger partial charge in [-0.05, 0) is 48.0 Å². The predicted octanol–water partition coefficient (Wildman–Crippen LogP) is 3.90. The second kappa shape index (κ2) is 7.44. The van der Waals surface area contributed by atoms with E-state index in [2.05, 4.69) is 5.32 Å². The Morgan fingerprint density at radius 1 is 1.04 bits per heavy atom. The molecule has 0 unspecified atom stereocenters. The fourth-order valence-corrected chi connectivity index (χ4v) is 3.00. The number of oxazole rings is 1. The van der Waals surface area contributed by atoms with E-state index in [0.29, 0.717) is 34.6 Å². The number of fused-ring (bicyclic) bond motifs is 1. The fraction of sp³-hybridized carbons (Fsp3) is 0.0909. The van der Waals surface area contributed by atoms with Gasteiger partial charge in [-0.15, -0.1) is 0 Å². The van der Waals surface area contributed by atoms with Crippen LogP contribution in [0.25, 0.3) is 11.1 Å². The Hall–Kier alpha value is -3.80. The maximum absolute atomic E-state index is 12.6. The van der Waals surface area contributed by atoms with E-state index in [9.17, 15) is 9.59 Å². The van der Waals surface area contributed by atoms with Crippen molar-refractivity contribution in [3.63, 3.8) is 0 Å². The molecule has 4 aromatic rings. The van der Waals surface area contributed by atoms with Crippen LogP contribution in [0, 0.1) is 0 Å². The van der Waals surface area contributed by atoms with Crippen molar-refractivity contribution >= 4 is 22.7 Å². The van der Waals surface area contributed by atoms with Crippen LogP contribution in [0.3, 0.4) is 0 Å². The van der Waals surface area contributed by atoms with Crippen LogP contribution in [-0.4, -0.2) is 17.6 Å². The summed E-state index contributed by atoms with van der Waals surface area (Å²) in [6.07, 6.45) is 0. The summed E-state index contributed by atoms with van der Waals surface area (Å²) in [5.74, 6) is -0.0127. The lowest BCUT2D eigenvalue weighted by atomic mass is 10.1. The molecule has 0 aliphatic carbocycles. The summed E-state index contributed by atoms with van der Waals surface area (Å²) >= 11 is 0. The lowest BCUT2D eigenvalue weighted by Gasteiger charge is -2.07. The Bertz CT molecular complexity index is 1170. The second-order valence-electron chi connectivity index (χ2n) is 6.30. The molecule has 6 nitrogen and oxygen atoms in total. The summed E-state index contributed by atoms with van der Waals surface area (Å²) in [5, 5.41) is 2.84. The van der Waals surface area contributed by atoms with Crippen molar-refractivity contribution in [1.29, 1.82) is 0 Å². The van der Waals surface area contributed by atoms with Gasteiger partial charge in [-0.25, -0.2) is 4.79 Å². The number of carbonyl (C=O) groups excluding carboxylic acids is 1. The van der Waals surface area contributed by atoms with E-state index in [1.54, 1.807) is 49.6 Å². The van der Waals surface area contributed by atoms with Crippen LogP contribution in [0.2, 0.25) is 0 Å². The molecule has 0 saturated carbocycles. The number of nitrogens with one attached hydrogen (secondary N) is 1. The average molecular weight is 374 g/mol. The minimum Gasteiger partial charge on any atom is -0.497 e. The molecule has 0 atom stereocenters. The number of amides is 1. The van der Waals surface area contributed by atoms with Crippen LogP contribution in [-0.2, 0) is 6.54 Å². The van der Waals surface area contributed by atoms with Crippen molar-refractivity contribution in [3.8, 4) is 5.75 Å². The molecule has 0 fully saturated rings. The molecular weight excluding hydrogens is 356 g/mol. The third-order valence-electron chi connectivity index (χ3n) is 4.46. The summed E-state index contributed by atoms with van der Waals surface area (Å²) in [5.41, 5.74) is 3.09. The largest absolute Gasteiger partial charge is 0.497 e. The van der Waals surface area contributed by atoms with Gasteiger partial charge in [0.15, 0.2) is 5.58 Å². The normalized spacial score (nSPS) is 10.8. The summed E-state index contributed by atoms with van der Waals surface area (Å²) in [7, 11) is 1.59. The van der Waals surface area contributed by atoms with Gasteiger partial charge in [-0.3, -0.25) is 9.36 Å². The molecule has 0 bridgehead atoms. The molecule has 0 spiro atoms. The molecule has 1 amide bonds. The Kier molecular flexibility index (Phi) is 4.68. The Morgan fingerprint density at radius 3 is 2.50 bits per heavy atom. The van der Waals surface area contributed by atoms with E-state index < -0.39 is 5.76 Å². The van der Waals surface area contributed by atoms with Crippen molar-refractivity contribution in [3.05, 3.63) is 94.5 Å². The first-order valence-electron chi connectivity index (χ1n) is 8.77. The Balaban J connectivity index is 1.63. The monoisotopic (exact) mass is 374 g/mol. The molecule has 0 radical (unpaired) electrons. The van der Waals surface area contributed by atoms with E-state index >= 15 is 0 Å². The van der Waals surface area contributed by atoms with Crippen molar-refractivity contribution < 1.29 is 13.9 Å². The van der Waals surface area contributed by atoms with Crippen LogP contribution in [0.4, 0.5) is 5.69 Å². The number of benzene rings is 3. The highest BCUT2D eigenvalue weighted by atomic mass is 16.5. The van der Waals surface area contributed by atoms with Crippen LogP contribution < -0.4 is 15.8 Å². The number of hydrogen-bond acceptors (Lipinski definition) is 4. The molecule has 28 heavy (non-hydrogen) atoms. The van der Waals surface area contributed by atoms with E-state index in [1.165, 1.54) is 4.57 Å². The lowest BCUT2D eigenvalue weighted by molar-refractivity contribution is 0.102. The Labute approximate surface area is 161 Å². The molecule has 3 aromatic carbocycles. The number of ether oxygens (including phenoxy) is 1. The molecule has 140 valence electrons. The van der Waals surface area contributed by atoms with Crippen molar-refractivity contribution in [2.75, 3.05) is 12.4 Å². The number of aromatic nitrogens is 1. The summed E-state index contributed by atoms with van der Waals surface area (Å²) in [6, 6.07) is 21.6. The van der Waals surface area contributed by atoms with Crippen molar-refractivity contribution in [2.24, 2.45) is 0 Å². The number of methoxy groups -OCH3 is 1. The Morgan fingerprint density at radius 2 is 1.79 bits per heavy atom. The first kappa shape index (κ1) is 17.6. The molecule has 0 aliphatic heterocycles. The molecule has 6 heteroatoms. The highest BCUT2D eigenvalue weighted by molar-refractivity contribution is 6.05. The van der Waals surface area contributed by atoms with Gasteiger partial charge in [0.05, 0.1) is 19.2 Å². The first-order chi connectivity index (χ1) is 13.6. The number of rotatable bonds is 5. The van der Waals surface area contributed by atoms with E-state index in [0.717, 1.165) is 5.56 Å². The number of carbonyl (C=O) groups is 1. The average Bonchev–Trinajstić information content (AvgIpc) is 3.04. The minimum atomic E-state index is -0.452. The summed E-state index contributed by atoms with van der Waals surface area (Å²) < 4.78 is 12.0. The quantitative estimate of drug-likeness (QED) is 0.575. The van der Waals surface area contributed by atoms with Crippen LogP contribution >= 0.6 is 0 Å². The van der Waals surface area contributed by atoms with Gasteiger partial charge in [0.1, 0.15) is 5.75 Å². The third kappa shape index (κ3) is 3.53. The highest BCUT2D eigenvalue weighted by Crippen LogP contribution is 2.19. The van der Waals surface area contributed by atoms with Crippen molar-refractivity contribution in [2.45, 2.75) is 6.54 Å². The van der Waals surface area contributed by atoms with Crippen LogP contribution in [0.15, 0.2) is 82.0 Å². The number of hydrogen-bond donors (Lipinski definition) is 1. The maximum Gasteiger partial charge on any atom is 0.420 e. The molecule has 1 heterocycles. The van der Waals surface area contributed by atoms with Gasteiger partial charge in [0.25, 0.3) is 5.91 Å². The first-order valence-corrected chi connectivity index (χ1v) is 8.77. The summed E-state index contributed by atoms with van der Waals surface area (Å²) in [6.45, 7) is 0.371. The molecule has 0 aliphatic rings. The summed E-state index contributed by atoms with van der Waals surface area (Å²) in [4.78, 5) is 24.9. The molecule has 1 aromatic heterocycles. The lowest BCUT2D eigenvalue weighted by Crippen LogP contribution is -2.15. The second-order valence-corrected chi connectivity index (χ2v) is 6.30. The minimum absolute atomic E-state index is 0.271. The zero-order chi connectivity index (χ0) is 19.5. The van der Waals surface area contributed by atoms with Crippen molar-refractivity contribution in [1.82, 2.24) is 4.57 Å². The van der Waals surface area contributed by atoms with Gasteiger partial charge in [-0.2, -0.15) is 0 Å². The predicted molar refractivity (Wildman–Crippen MR) is 107 cm³/mol. The van der Waals surface area contributed by atoms with E-state index in [4.69, 9.17) is 9.15 Å². The van der Waals surface area contributed by atoms with E-state index in [-0.39, 0.29) is 5.91 Å². The van der Waals surface area contributed by atoms with Crippen LogP contribution in [0.5, 0.6) is 5.75 Å². The van der Waals surface area contributed by atoms with Gasteiger partial charge in [0, 0.05) is 11.3 Å².